The van der Waals surface area contributed by atoms with Gasteiger partial charge in [0.25, 0.3) is 0 Å². The van der Waals surface area contributed by atoms with Crippen molar-refractivity contribution in [3.05, 3.63) is 58.3 Å². The predicted octanol–water partition coefficient (Wildman–Crippen LogP) is 3.29. The number of hydrogen-bond acceptors (Lipinski definition) is 3. The summed E-state index contributed by atoms with van der Waals surface area (Å²) in [5.74, 6) is 0.855. The Balaban J connectivity index is 2.23. The van der Waals surface area contributed by atoms with Crippen LogP contribution in [0.5, 0.6) is 5.75 Å². The molecule has 1 aromatic heterocycles. The Kier molecular flexibility index (Phi) is 4.33. The largest absolute Gasteiger partial charge is 0.494 e. The first-order valence-electron chi connectivity index (χ1n) is 5.81. The second-order valence-corrected chi connectivity index (χ2v) is 4.70. The van der Waals surface area contributed by atoms with Gasteiger partial charge in [-0.1, -0.05) is 12.1 Å². The molecule has 0 aliphatic rings. The molecule has 0 aliphatic heterocycles. The maximum absolute atomic E-state index is 6.21. The molecule has 2 rings (SSSR count). The fourth-order valence-electron chi connectivity index (χ4n) is 1.72. The zero-order chi connectivity index (χ0) is 13.0. The van der Waals surface area contributed by atoms with Crippen LogP contribution in [0.4, 0.5) is 0 Å². The zero-order valence-corrected chi connectivity index (χ0v) is 11.7. The Labute approximate surface area is 115 Å². The van der Waals surface area contributed by atoms with Crippen molar-refractivity contribution in [2.24, 2.45) is 5.73 Å². The molecule has 0 bridgehead atoms. The summed E-state index contributed by atoms with van der Waals surface area (Å²) in [5.41, 5.74) is 8.05. The van der Waals surface area contributed by atoms with Crippen molar-refractivity contribution in [1.29, 1.82) is 0 Å². The fraction of sp³-hybridized carbons (Fsp3) is 0.214. The van der Waals surface area contributed by atoms with Gasteiger partial charge in [0, 0.05) is 10.7 Å². The quantitative estimate of drug-likeness (QED) is 0.943. The van der Waals surface area contributed by atoms with E-state index >= 15 is 0 Å². The fourth-order valence-corrected chi connectivity index (χ4v) is 2.22. The highest BCUT2D eigenvalue weighted by Gasteiger charge is 2.13. The summed E-state index contributed by atoms with van der Waals surface area (Å²) in [5, 5.41) is 0. The summed E-state index contributed by atoms with van der Waals surface area (Å²) < 4.78 is 6.33. The van der Waals surface area contributed by atoms with Crippen molar-refractivity contribution in [2.45, 2.75) is 13.0 Å². The van der Waals surface area contributed by atoms with Crippen molar-refractivity contribution < 1.29 is 4.74 Å². The van der Waals surface area contributed by atoms with Gasteiger partial charge in [-0.2, -0.15) is 0 Å². The molecule has 1 aromatic carbocycles. The molecular weight excluding hydrogens is 292 g/mol. The molecule has 1 unspecified atom stereocenters. The lowest BCUT2D eigenvalue weighted by Gasteiger charge is -2.13. The van der Waals surface area contributed by atoms with Gasteiger partial charge in [-0.25, -0.2) is 0 Å². The number of nitrogens with zero attached hydrogens (tertiary/aromatic N) is 1. The SMILES string of the molecule is CCOc1ccc(C(N)c2ncccc2Br)cc1. The van der Waals surface area contributed by atoms with Crippen molar-refractivity contribution in [2.75, 3.05) is 6.61 Å². The van der Waals surface area contributed by atoms with Crippen LogP contribution in [-0.2, 0) is 0 Å². The molecule has 0 saturated heterocycles. The minimum Gasteiger partial charge on any atom is -0.494 e. The van der Waals surface area contributed by atoms with Crippen LogP contribution in [0.15, 0.2) is 47.1 Å². The van der Waals surface area contributed by atoms with Gasteiger partial charge in [0.1, 0.15) is 5.75 Å². The Morgan fingerprint density at radius 3 is 2.61 bits per heavy atom. The van der Waals surface area contributed by atoms with Gasteiger partial charge in [0.05, 0.1) is 18.3 Å². The van der Waals surface area contributed by atoms with Crippen LogP contribution in [0.1, 0.15) is 24.2 Å². The number of benzene rings is 1. The van der Waals surface area contributed by atoms with Crippen LogP contribution >= 0.6 is 15.9 Å². The number of rotatable bonds is 4. The first kappa shape index (κ1) is 13.1. The van der Waals surface area contributed by atoms with Gasteiger partial charge in [-0.3, -0.25) is 4.98 Å². The van der Waals surface area contributed by atoms with E-state index < -0.39 is 0 Å². The molecule has 0 spiro atoms. The Morgan fingerprint density at radius 1 is 1.28 bits per heavy atom. The average molecular weight is 307 g/mol. The van der Waals surface area contributed by atoms with Crippen molar-refractivity contribution >= 4 is 15.9 Å². The highest BCUT2D eigenvalue weighted by molar-refractivity contribution is 9.10. The van der Waals surface area contributed by atoms with Crippen molar-refractivity contribution in [3.63, 3.8) is 0 Å². The third-order valence-electron chi connectivity index (χ3n) is 2.63. The van der Waals surface area contributed by atoms with E-state index in [0.29, 0.717) is 6.61 Å². The van der Waals surface area contributed by atoms with Gasteiger partial charge in [0.15, 0.2) is 0 Å². The topological polar surface area (TPSA) is 48.1 Å². The first-order chi connectivity index (χ1) is 8.72. The predicted molar refractivity (Wildman–Crippen MR) is 75.6 cm³/mol. The Bertz CT molecular complexity index is 513. The molecule has 18 heavy (non-hydrogen) atoms. The van der Waals surface area contributed by atoms with Gasteiger partial charge in [-0.05, 0) is 52.7 Å². The maximum atomic E-state index is 6.21. The van der Waals surface area contributed by atoms with E-state index in [-0.39, 0.29) is 6.04 Å². The monoisotopic (exact) mass is 306 g/mol. The van der Waals surface area contributed by atoms with E-state index in [2.05, 4.69) is 20.9 Å². The molecule has 0 radical (unpaired) electrons. The molecule has 0 amide bonds. The van der Waals surface area contributed by atoms with E-state index in [4.69, 9.17) is 10.5 Å². The summed E-state index contributed by atoms with van der Waals surface area (Å²) in [6.07, 6.45) is 1.74. The Hall–Kier alpha value is -1.39. The molecule has 2 N–H and O–H groups in total. The lowest BCUT2D eigenvalue weighted by Crippen LogP contribution is -2.14. The lowest BCUT2D eigenvalue weighted by molar-refractivity contribution is 0.340. The van der Waals surface area contributed by atoms with Gasteiger partial charge in [-0.15, -0.1) is 0 Å². The molecule has 4 heteroatoms. The number of pyridine rings is 1. The lowest BCUT2D eigenvalue weighted by atomic mass is 10.0. The summed E-state index contributed by atoms with van der Waals surface area (Å²) in [6, 6.07) is 11.4. The molecule has 0 aliphatic carbocycles. The molecule has 1 atom stereocenters. The van der Waals surface area contributed by atoms with E-state index in [0.717, 1.165) is 21.5 Å². The molecule has 0 saturated carbocycles. The van der Waals surface area contributed by atoms with Gasteiger partial charge in [0.2, 0.25) is 0 Å². The summed E-state index contributed by atoms with van der Waals surface area (Å²) in [4.78, 5) is 4.31. The Morgan fingerprint density at radius 2 is 2.00 bits per heavy atom. The standard InChI is InChI=1S/C14H15BrN2O/c1-2-18-11-7-5-10(6-8-11)13(16)14-12(15)4-3-9-17-14/h3-9,13H,2,16H2,1H3. The van der Waals surface area contributed by atoms with Crippen LogP contribution in [0.3, 0.4) is 0 Å². The number of nitrogens with two attached hydrogens (primary N) is 1. The summed E-state index contributed by atoms with van der Waals surface area (Å²) >= 11 is 3.47. The van der Waals surface area contributed by atoms with Crippen LogP contribution in [0, 0.1) is 0 Å². The van der Waals surface area contributed by atoms with Crippen molar-refractivity contribution in [1.82, 2.24) is 4.98 Å². The highest BCUT2D eigenvalue weighted by Crippen LogP contribution is 2.25. The molecular formula is C14H15BrN2O. The van der Waals surface area contributed by atoms with E-state index in [1.807, 2.05) is 43.3 Å². The van der Waals surface area contributed by atoms with Crippen LogP contribution < -0.4 is 10.5 Å². The highest BCUT2D eigenvalue weighted by atomic mass is 79.9. The number of halogens is 1. The third-order valence-corrected chi connectivity index (χ3v) is 3.30. The average Bonchev–Trinajstić information content (AvgIpc) is 2.40. The van der Waals surface area contributed by atoms with Crippen molar-refractivity contribution in [3.8, 4) is 5.75 Å². The van der Waals surface area contributed by atoms with Gasteiger partial charge >= 0.3 is 0 Å². The molecule has 1 heterocycles. The molecule has 94 valence electrons. The number of aromatic nitrogens is 1. The normalized spacial score (nSPS) is 12.2. The number of hydrogen-bond donors (Lipinski definition) is 1. The summed E-state index contributed by atoms with van der Waals surface area (Å²) in [7, 11) is 0. The van der Waals surface area contributed by atoms with Gasteiger partial charge < -0.3 is 10.5 Å². The molecule has 2 aromatic rings. The third kappa shape index (κ3) is 2.89. The maximum Gasteiger partial charge on any atom is 0.119 e. The summed E-state index contributed by atoms with van der Waals surface area (Å²) in [6.45, 7) is 2.63. The minimum absolute atomic E-state index is 0.240. The second-order valence-electron chi connectivity index (χ2n) is 3.85. The number of ether oxygens (including phenoxy) is 1. The van der Waals surface area contributed by atoms with Crippen LogP contribution in [-0.4, -0.2) is 11.6 Å². The van der Waals surface area contributed by atoms with E-state index in [1.165, 1.54) is 0 Å². The minimum atomic E-state index is -0.240. The zero-order valence-electron chi connectivity index (χ0n) is 10.1. The first-order valence-corrected chi connectivity index (χ1v) is 6.60. The van der Waals surface area contributed by atoms with E-state index in [9.17, 15) is 0 Å². The van der Waals surface area contributed by atoms with Crippen LogP contribution in [0.2, 0.25) is 0 Å². The molecule has 0 fully saturated rings. The second kappa shape index (κ2) is 5.98. The molecule has 3 nitrogen and oxygen atoms in total. The van der Waals surface area contributed by atoms with Crippen LogP contribution in [0.25, 0.3) is 0 Å². The van der Waals surface area contributed by atoms with E-state index in [1.54, 1.807) is 6.20 Å². The smallest absolute Gasteiger partial charge is 0.119 e.